The van der Waals surface area contributed by atoms with Crippen molar-refractivity contribution in [3.8, 4) is 0 Å². The number of hydrogen-bond donors (Lipinski definition) is 0. The Labute approximate surface area is 181 Å². The van der Waals surface area contributed by atoms with Crippen LogP contribution in [0.1, 0.15) is 41.5 Å². The Morgan fingerprint density at radius 3 is 1.48 bits per heavy atom. The smallest absolute Gasteiger partial charge is 0.00946 e. The quantitative estimate of drug-likeness (QED) is 0.387. The van der Waals surface area contributed by atoms with Gasteiger partial charge in [-0.3, -0.25) is 0 Å². The van der Waals surface area contributed by atoms with E-state index < -0.39 is 15.2 Å². The fourth-order valence-electron chi connectivity index (χ4n) is 3.46. The molecule has 0 aliphatic rings. The average Bonchev–Trinajstić information content (AvgIpc) is 2.66. The van der Waals surface area contributed by atoms with Gasteiger partial charge in [-0.1, -0.05) is 135 Å². The van der Waals surface area contributed by atoms with Gasteiger partial charge in [-0.2, -0.15) is 0 Å². The molecule has 3 aromatic rings. The van der Waals surface area contributed by atoms with Gasteiger partial charge in [-0.05, 0) is 46.8 Å². The molecule has 0 spiro atoms. The molecule has 0 amide bonds. The largest absolute Gasteiger partial charge is 0.0841 e. The van der Waals surface area contributed by atoms with Gasteiger partial charge in [0.2, 0.25) is 0 Å². The minimum Gasteiger partial charge on any atom is -0.0841 e. The zero-order valence-corrected chi connectivity index (χ0v) is 21.3. The van der Waals surface area contributed by atoms with E-state index in [0.717, 1.165) is 8.58 Å². The van der Waals surface area contributed by atoms with Gasteiger partial charge in [-0.25, -0.2) is 0 Å². The third kappa shape index (κ3) is 5.98. The highest BCUT2D eigenvalue weighted by atomic mass is 32.1. The van der Waals surface area contributed by atoms with Crippen LogP contribution < -0.4 is 21.2 Å². The van der Waals surface area contributed by atoms with Crippen LogP contribution in [0.4, 0.5) is 0 Å². The lowest BCUT2D eigenvalue weighted by Crippen LogP contribution is -2.31. The van der Waals surface area contributed by atoms with Crippen molar-refractivity contribution in [1.82, 2.24) is 0 Å². The first kappa shape index (κ1) is 22.6. The molecule has 0 aliphatic carbocycles. The molecular weight excluding hydrogens is 405 g/mol. The maximum absolute atomic E-state index is 2.44. The minimum atomic E-state index is -0.467. The standard InChI is InChI=1S/C26H33P3/c1-25(2,3)27-23-19-13-14-20-24(23)29(26(4,5)6)28(21-15-9-7-10-16-21)22-17-11-8-12-18-22/h7-20,27H,1-6H3. The van der Waals surface area contributed by atoms with Crippen LogP contribution in [0.25, 0.3) is 0 Å². The van der Waals surface area contributed by atoms with Crippen LogP contribution in [0.5, 0.6) is 0 Å². The topological polar surface area (TPSA) is 0 Å². The van der Waals surface area contributed by atoms with Crippen molar-refractivity contribution >= 4 is 45.0 Å². The molecule has 152 valence electrons. The molecule has 3 rings (SSSR count). The third-order valence-corrected chi connectivity index (χ3v) is 15.3. The van der Waals surface area contributed by atoms with Gasteiger partial charge in [0.1, 0.15) is 0 Å². The first-order valence-electron chi connectivity index (χ1n) is 10.2. The molecule has 29 heavy (non-hydrogen) atoms. The second-order valence-corrected chi connectivity index (χ2v) is 18.1. The summed E-state index contributed by atoms with van der Waals surface area (Å²) in [6.07, 6.45) is 0. The zero-order chi connectivity index (χ0) is 21.1. The van der Waals surface area contributed by atoms with E-state index in [4.69, 9.17) is 0 Å². The Balaban J connectivity index is 2.22. The fraction of sp³-hybridized carbons (Fsp3) is 0.308. The van der Waals surface area contributed by atoms with E-state index in [1.54, 1.807) is 10.6 Å². The highest BCUT2D eigenvalue weighted by Gasteiger charge is 2.36. The molecule has 2 unspecified atom stereocenters. The highest BCUT2D eigenvalue weighted by molar-refractivity contribution is 8.39. The minimum absolute atomic E-state index is 0.213. The van der Waals surface area contributed by atoms with Gasteiger partial charge in [-0.15, -0.1) is 0 Å². The zero-order valence-electron chi connectivity index (χ0n) is 18.5. The van der Waals surface area contributed by atoms with Crippen LogP contribution in [0, 0.1) is 0 Å². The Morgan fingerprint density at radius 2 is 1.03 bits per heavy atom. The van der Waals surface area contributed by atoms with Crippen LogP contribution in [0.3, 0.4) is 0 Å². The Morgan fingerprint density at radius 1 is 0.586 bits per heavy atom. The SMILES string of the molecule is CC(C)(C)Pc1ccccc1P(P(c1ccccc1)c1ccccc1)C(C)(C)C. The van der Waals surface area contributed by atoms with Crippen molar-refractivity contribution in [2.24, 2.45) is 0 Å². The van der Waals surface area contributed by atoms with Crippen molar-refractivity contribution in [3.63, 3.8) is 0 Å². The molecule has 0 saturated heterocycles. The van der Waals surface area contributed by atoms with Crippen molar-refractivity contribution in [1.29, 1.82) is 0 Å². The van der Waals surface area contributed by atoms with Crippen LogP contribution in [-0.2, 0) is 0 Å². The first-order valence-corrected chi connectivity index (χ1v) is 14.6. The molecule has 0 bridgehead atoms. The summed E-state index contributed by atoms with van der Waals surface area (Å²) in [5.74, 6) is 0. The monoisotopic (exact) mass is 438 g/mol. The molecule has 0 saturated carbocycles. The molecular formula is C26H33P3. The summed E-state index contributed by atoms with van der Waals surface area (Å²) in [6, 6.07) is 31.7. The van der Waals surface area contributed by atoms with Gasteiger partial charge < -0.3 is 0 Å². The predicted octanol–water partition coefficient (Wildman–Crippen LogP) is 6.74. The molecule has 3 aromatic carbocycles. The van der Waals surface area contributed by atoms with E-state index in [-0.39, 0.29) is 5.16 Å². The summed E-state index contributed by atoms with van der Waals surface area (Å²) in [5.41, 5.74) is 0. The van der Waals surface area contributed by atoms with E-state index >= 15 is 0 Å². The normalized spacial score (nSPS) is 13.9. The summed E-state index contributed by atoms with van der Waals surface area (Å²) in [6.45, 7) is 14.4. The van der Waals surface area contributed by atoms with Gasteiger partial charge in [0, 0.05) is 0 Å². The van der Waals surface area contributed by atoms with E-state index in [1.807, 2.05) is 0 Å². The van der Waals surface area contributed by atoms with E-state index in [9.17, 15) is 0 Å². The molecule has 0 N–H and O–H groups in total. The second kappa shape index (κ2) is 9.40. The predicted molar refractivity (Wildman–Crippen MR) is 140 cm³/mol. The van der Waals surface area contributed by atoms with Gasteiger partial charge in [0.25, 0.3) is 0 Å². The summed E-state index contributed by atoms with van der Waals surface area (Å²) < 4.78 is 0. The molecule has 0 radical (unpaired) electrons. The summed E-state index contributed by atoms with van der Waals surface area (Å²) in [4.78, 5) is 0. The highest BCUT2D eigenvalue weighted by Crippen LogP contribution is 2.72. The molecule has 0 nitrogen and oxygen atoms in total. The maximum atomic E-state index is 2.44. The van der Waals surface area contributed by atoms with Crippen molar-refractivity contribution in [3.05, 3.63) is 84.9 Å². The van der Waals surface area contributed by atoms with E-state index in [1.165, 1.54) is 10.6 Å². The number of benzene rings is 3. The Hall–Kier alpha value is -1.05. The summed E-state index contributed by atoms with van der Waals surface area (Å²) in [5, 5.41) is 6.65. The van der Waals surface area contributed by atoms with Crippen molar-refractivity contribution in [2.45, 2.75) is 51.9 Å². The van der Waals surface area contributed by atoms with Crippen molar-refractivity contribution in [2.75, 3.05) is 0 Å². The average molecular weight is 438 g/mol. The van der Waals surface area contributed by atoms with E-state index in [2.05, 4.69) is 126 Å². The summed E-state index contributed by atoms with van der Waals surface area (Å²) >= 11 is 0. The lowest BCUT2D eigenvalue weighted by molar-refractivity contribution is 0.795. The lowest BCUT2D eigenvalue weighted by atomic mass is 10.3. The van der Waals surface area contributed by atoms with E-state index in [0.29, 0.717) is 5.16 Å². The second-order valence-electron chi connectivity index (χ2n) is 9.36. The molecule has 0 fully saturated rings. The Bertz CT molecular complexity index is 866. The molecule has 0 aliphatic heterocycles. The third-order valence-electron chi connectivity index (χ3n) is 4.48. The lowest BCUT2D eigenvalue weighted by Gasteiger charge is -2.40. The fourth-order valence-corrected chi connectivity index (χ4v) is 14.3. The number of rotatable bonds is 5. The summed E-state index contributed by atoms with van der Waals surface area (Å²) in [7, 11) is -0.0628. The maximum Gasteiger partial charge on any atom is -0.00946 e. The van der Waals surface area contributed by atoms with Crippen LogP contribution in [0.2, 0.25) is 0 Å². The van der Waals surface area contributed by atoms with Crippen LogP contribution in [0.15, 0.2) is 84.9 Å². The Kier molecular flexibility index (Phi) is 7.33. The molecule has 0 heterocycles. The molecule has 2 atom stereocenters. The number of hydrogen-bond acceptors (Lipinski definition) is 0. The molecule has 3 heteroatoms. The van der Waals surface area contributed by atoms with Crippen LogP contribution >= 0.6 is 23.8 Å². The molecule has 0 aromatic heterocycles. The van der Waals surface area contributed by atoms with Gasteiger partial charge in [0.05, 0.1) is 0 Å². The van der Waals surface area contributed by atoms with Gasteiger partial charge in [0.15, 0.2) is 0 Å². The van der Waals surface area contributed by atoms with Crippen LogP contribution in [-0.4, -0.2) is 10.3 Å². The first-order chi connectivity index (χ1) is 13.7. The van der Waals surface area contributed by atoms with Crippen molar-refractivity contribution < 1.29 is 0 Å². The van der Waals surface area contributed by atoms with Gasteiger partial charge >= 0.3 is 0 Å².